The van der Waals surface area contributed by atoms with E-state index in [0.717, 1.165) is 24.4 Å². The van der Waals surface area contributed by atoms with E-state index in [0.29, 0.717) is 13.0 Å². The van der Waals surface area contributed by atoms with E-state index in [4.69, 9.17) is 4.74 Å². The monoisotopic (exact) mass is 265 g/mol. The molecule has 1 N–H and O–H groups in total. The summed E-state index contributed by atoms with van der Waals surface area (Å²) < 4.78 is 5.54. The van der Waals surface area contributed by atoms with Crippen LogP contribution in [0.2, 0.25) is 0 Å². The van der Waals surface area contributed by atoms with Crippen molar-refractivity contribution < 1.29 is 9.53 Å². The quantitative estimate of drug-likeness (QED) is 0.655. The van der Waals surface area contributed by atoms with Crippen molar-refractivity contribution >= 4 is 17.5 Å². The van der Waals surface area contributed by atoms with Crippen LogP contribution in [0.25, 0.3) is 0 Å². The van der Waals surface area contributed by atoms with Gasteiger partial charge in [-0.2, -0.15) is 0 Å². The molecular formula is C14H19NO2S. The predicted molar refractivity (Wildman–Crippen MR) is 74.4 cm³/mol. The molecule has 0 amide bonds. The molecule has 1 unspecified atom stereocenters. The van der Waals surface area contributed by atoms with Crippen LogP contribution in [0.4, 0.5) is 0 Å². The number of carbonyl (C=O) groups is 1. The van der Waals surface area contributed by atoms with Crippen molar-refractivity contribution in [1.29, 1.82) is 0 Å². The minimum Gasteiger partial charge on any atom is -0.375 e. The van der Waals surface area contributed by atoms with Gasteiger partial charge >= 0.3 is 0 Å². The van der Waals surface area contributed by atoms with Gasteiger partial charge in [-0.3, -0.25) is 4.79 Å². The third-order valence-corrected chi connectivity index (χ3v) is 3.80. The van der Waals surface area contributed by atoms with Crippen molar-refractivity contribution in [1.82, 2.24) is 5.32 Å². The highest BCUT2D eigenvalue weighted by molar-refractivity contribution is 7.99. The Bertz CT molecular complexity index is 385. The Kier molecular flexibility index (Phi) is 5.23. The first kappa shape index (κ1) is 13.6. The standard InChI is InChI=1S/C14H19NO2S/c1-2-18-13-5-3-11(4-6-13)14(16)9-12-10-15-7-8-17-12/h3-6,12,15H,2,7-10H2,1H3. The zero-order chi connectivity index (χ0) is 12.8. The summed E-state index contributed by atoms with van der Waals surface area (Å²) in [6, 6.07) is 7.86. The number of carbonyl (C=O) groups excluding carboxylic acids is 1. The summed E-state index contributed by atoms with van der Waals surface area (Å²) >= 11 is 1.79. The maximum absolute atomic E-state index is 12.1. The van der Waals surface area contributed by atoms with Crippen LogP contribution in [0.15, 0.2) is 29.2 Å². The third kappa shape index (κ3) is 3.83. The second-order valence-corrected chi connectivity index (χ2v) is 5.62. The molecule has 0 saturated carbocycles. The number of nitrogens with one attached hydrogen (secondary N) is 1. The van der Waals surface area contributed by atoms with Gasteiger partial charge in [0.25, 0.3) is 0 Å². The van der Waals surface area contributed by atoms with Gasteiger partial charge in [-0.05, 0) is 17.9 Å². The van der Waals surface area contributed by atoms with E-state index in [1.54, 1.807) is 11.8 Å². The van der Waals surface area contributed by atoms with Crippen molar-refractivity contribution in [2.75, 3.05) is 25.4 Å². The molecule has 98 valence electrons. The van der Waals surface area contributed by atoms with Gasteiger partial charge < -0.3 is 10.1 Å². The van der Waals surface area contributed by atoms with E-state index in [1.807, 2.05) is 24.3 Å². The highest BCUT2D eigenvalue weighted by atomic mass is 32.2. The summed E-state index contributed by atoms with van der Waals surface area (Å²) in [7, 11) is 0. The van der Waals surface area contributed by atoms with Crippen molar-refractivity contribution in [3.8, 4) is 0 Å². The van der Waals surface area contributed by atoms with Crippen LogP contribution in [0.1, 0.15) is 23.7 Å². The fraction of sp³-hybridized carbons (Fsp3) is 0.500. The summed E-state index contributed by atoms with van der Waals surface area (Å²) in [5.74, 6) is 1.21. The lowest BCUT2D eigenvalue weighted by molar-refractivity contribution is 0.0240. The molecule has 0 aromatic heterocycles. The van der Waals surface area contributed by atoms with Gasteiger partial charge in [0.15, 0.2) is 5.78 Å². The minimum atomic E-state index is 0.0240. The zero-order valence-electron chi connectivity index (χ0n) is 10.6. The highest BCUT2D eigenvalue weighted by Crippen LogP contribution is 2.19. The molecule has 1 heterocycles. The average molecular weight is 265 g/mol. The number of ether oxygens (including phenoxy) is 1. The molecule has 4 heteroatoms. The maximum atomic E-state index is 12.1. The van der Waals surface area contributed by atoms with Crippen LogP contribution in [-0.4, -0.2) is 37.3 Å². The molecule has 1 aromatic carbocycles. The van der Waals surface area contributed by atoms with Crippen LogP contribution in [0.5, 0.6) is 0 Å². The Hall–Kier alpha value is -0.840. The largest absolute Gasteiger partial charge is 0.375 e. The van der Waals surface area contributed by atoms with Gasteiger partial charge in [0.1, 0.15) is 0 Å². The molecule has 1 aliphatic heterocycles. The maximum Gasteiger partial charge on any atom is 0.165 e. The summed E-state index contributed by atoms with van der Waals surface area (Å²) in [5, 5.41) is 3.24. The number of rotatable bonds is 5. The Morgan fingerprint density at radius 1 is 1.44 bits per heavy atom. The lowest BCUT2D eigenvalue weighted by Crippen LogP contribution is -2.39. The van der Waals surface area contributed by atoms with Crippen LogP contribution < -0.4 is 5.32 Å². The first-order valence-corrected chi connectivity index (χ1v) is 7.36. The Labute approximate surface area is 112 Å². The number of hydrogen-bond acceptors (Lipinski definition) is 4. The number of hydrogen-bond donors (Lipinski definition) is 1. The number of morpholine rings is 1. The second-order valence-electron chi connectivity index (χ2n) is 4.28. The van der Waals surface area contributed by atoms with Crippen molar-refractivity contribution in [2.45, 2.75) is 24.3 Å². The molecular weight excluding hydrogens is 246 g/mol. The van der Waals surface area contributed by atoms with Crippen molar-refractivity contribution in [3.63, 3.8) is 0 Å². The van der Waals surface area contributed by atoms with E-state index in [-0.39, 0.29) is 11.9 Å². The molecule has 1 saturated heterocycles. The fourth-order valence-electron chi connectivity index (χ4n) is 1.98. The second kappa shape index (κ2) is 6.92. The van der Waals surface area contributed by atoms with Gasteiger partial charge in [-0.1, -0.05) is 19.1 Å². The Morgan fingerprint density at radius 3 is 2.83 bits per heavy atom. The molecule has 0 bridgehead atoms. The predicted octanol–water partition coefficient (Wildman–Crippen LogP) is 2.36. The van der Waals surface area contributed by atoms with Crippen molar-refractivity contribution in [3.05, 3.63) is 29.8 Å². The lowest BCUT2D eigenvalue weighted by Gasteiger charge is -2.22. The summed E-state index contributed by atoms with van der Waals surface area (Å²) in [6.07, 6.45) is 0.490. The summed E-state index contributed by atoms with van der Waals surface area (Å²) in [4.78, 5) is 13.3. The Morgan fingerprint density at radius 2 is 2.22 bits per heavy atom. The molecule has 3 nitrogen and oxygen atoms in total. The van der Waals surface area contributed by atoms with Gasteiger partial charge in [0.2, 0.25) is 0 Å². The number of Topliss-reactive ketones (excluding diaryl/α,β-unsaturated/α-hetero) is 1. The molecule has 0 aliphatic carbocycles. The van der Waals surface area contributed by atoms with E-state index in [1.165, 1.54) is 4.90 Å². The van der Waals surface area contributed by atoms with Crippen LogP contribution in [-0.2, 0) is 4.74 Å². The van der Waals surface area contributed by atoms with Crippen LogP contribution >= 0.6 is 11.8 Å². The van der Waals surface area contributed by atoms with E-state index < -0.39 is 0 Å². The van der Waals surface area contributed by atoms with Gasteiger partial charge in [0.05, 0.1) is 12.7 Å². The topological polar surface area (TPSA) is 38.3 Å². The van der Waals surface area contributed by atoms with Gasteiger partial charge in [-0.25, -0.2) is 0 Å². The average Bonchev–Trinajstić information content (AvgIpc) is 2.41. The smallest absolute Gasteiger partial charge is 0.165 e. The van der Waals surface area contributed by atoms with E-state index >= 15 is 0 Å². The summed E-state index contributed by atoms with van der Waals surface area (Å²) in [6.45, 7) is 4.48. The molecule has 1 aliphatic rings. The summed E-state index contributed by atoms with van der Waals surface area (Å²) in [5.41, 5.74) is 0.782. The van der Waals surface area contributed by atoms with Gasteiger partial charge in [-0.15, -0.1) is 11.8 Å². The number of ketones is 1. The molecule has 1 aromatic rings. The molecule has 2 rings (SSSR count). The normalized spacial score (nSPS) is 19.7. The van der Waals surface area contributed by atoms with Gasteiger partial charge in [0, 0.05) is 30.0 Å². The number of benzene rings is 1. The van der Waals surface area contributed by atoms with Crippen LogP contribution in [0, 0.1) is 0 Å². The van der Waals surface area contributed by atoms with Crippen molar-refractivity contribution in [2.24, 2.45) is 0 Å². The molecule has 1 fully saturated rings. The van der Waals surface area contributed by atoms with E-state index in [9.17, 15) is 4.79 Å². The van der Waals surface area contributed by atoms with E-state index in [2.05, 4.69) is 12.2 Å². The zero-order valence-corrected chi connectivity index (χ0v) is 11.5. The first-order valence-electron chi connectivity index (χ1n) is 6.38. The van der Waals surface area contributed by atoms with Crippen LogP contribution in [0.3, 0.4) is 0 Å². The minimum absolute atomic E-state index is 0.0240. The molecule has 1 atom stereocenters. The number of thioether (sulfide) groups is 1. The Balaban J connectivity index is 1.91. The third-order valence-electron chi connectivity index (χ3n) is 2.90. The molecule has 0 radical (unpaired) electrons. The molecule has 0 spiro atoms. The highest BCUT2D eigenvalue weighted by Gasteiger charge is 2.18. The SMILES string of the molecule is CCSc1ccc(C(=O)CC2CNCCO2)cc1. The first-order chi connectivity index (χ1) is 8.79. The fourth-order valence-corrected chi connectivity index (χ4v) is 2.64. The molecule has 18 heavy (non-hydrogen) atoms. The lowest BCUT2D eigenvalue weighted by atomic mass is 10.0.